The summed E-state index contributed by atoms with van der Waals surface area (Å²) in [5.74, 6) is 0.822. The maximum Gasteiger partial charge on any atom is 0.0560 e. The van der Waals surface area contributed by atoms with E-state index in [-0.39, 0.29) is 0 Å². The molecule has 1 fully saturated rings. The number of piperidine rings is 1. The Bertz CT molecular complexity index is 355. The van der Waals surface area contributed by atoms with Crippen LogP contribution in [0.2, 0.25) is 0 Å². The Morgan fingerprint density at radius 1 is 1.30 bits per heavy atom. The van der Waals surface area contributed by atoms with Crippen molar-refractivity contribution in [3.05, 3.63) is 18.5 Å². The van der Waals surface area contributed by atoms with Gasteiger partial charge in [0.1, 0.15) is 0 Å². The van der Waals surface area contributed by atoms with E-state index in [0.29, 0.717) is 12.1 Å². The van der Waals surface area contributed by atoms with Crippen molar-refractivity contribution in [3.8, 4) is 0 Å². The maximum absolute atomic E-state index is 4.28. The molecule has 0 bridgehead atoms. The van der Waals surface area contributed by atoms with Crippen LogP contribution in [-0.4, -0.2) is 46.4 Å². The molecule has 0 saturated carbocycles. The van der Waals surface area contributed by atoms with Gasteiger partial charge < -0.3 is 10.2 Å². The second-order valence-corrected chi connectivity index (χ2v) is 6.26. The van der Waals surface area contributed by atoms with Gasteiger partial charge in [-0.2, -0.15) is 5.10 Å². The average molecular weight is 278 g/mol. The molecule has 0 amide bonds. The summed E-state index contributed by atoms with van der Waals surface area (Å²) in [6.45, 7) is 11.6. The molecule has 1 N–H and O–H groups in total. The monoisotopic (exact) mass is 278 g/mol. The normalized spacial score (nSPS) is 20.9. The van der Waals surface area contributed by atoms with Crippen molar-refractivity contribution < 1.29 is 0 Å². The largest absolute Gasteiger partial charge is 0.310 e. The molecule has 1 saturated heterocycles. The second kappa shape index (κ2) is 7.79. The third-order valence-electron chi connectivity index (χ3n) is 4.45. The number of rotatable bonds is 7. The summed E-state index contributed by atoms with van der Waals surface area (Å²) in [5, 5.41) is 8.03. The Kier molecular flexibility index (Phi) is 6.05. The number of likely N-dealkylation sites (tertiary alicyclic amines) is 1. The van der Waals surface area contributed by atoms with Gasteiger partial charge in [-0.05, 0) is 64.7 Å². The molecule has 0 aliphatic carbocycles. The van der Waals surface area contributed by atoms with E-state index in [1.165, 1.54) is 38.9 Å². The number of nitrogens with zero attached hydrogens (tertiary/aromatic N) is 3. The van der Waals surface area contributed by atoms with Crippen LogP contribution in [0.25, 0.3) is 0 Å². The third kappa shape index (κ3) is 4.60. The lowest BCUT2D eigenvalue weighted by Gasteiger charge is -2.36. The third-order valence-corrected chi connectivity index (χ3v) is 4.45. The van der Waals surface area contributed by atoms with E-state index in [0.717, 1.165) is 12.5 Å². The minimum atomic E-state index is 0.471. The summed E-state index contributed by atoms with van der Waals surface area (Å²) in [5.41, 5.74) is 0. The Hall–Kier alpha value is -0.870. The topological polar surface area (TPSA) is 33.1 Å². The van der Waals surface area contributed by atoms with Crippen LogP contribution in [0.3, 0.4) is 0 Å². The van der Waals surface area contributed by atoms with Crippen LogP contribution in [0.5, 0.6) is 0 Å². The summed E-state index contributed by atoms with van der Waals surface area (Å²) in [4.78, 5) is 2.61. The van der Waals surface area contributed by atoms with Gasteiger partial charge in [0.2, 0.25) is 0 Å². The van der Waals surface area contributed by atoms with Crippen molar-refractivity contribution in [2.75, 3.05) is 19.6 Å². The molecule has 0 radical (unpaired) electrons. The van der Waals surface area contributed by atoms with Gasteiger partial charge in [0.15, 0.2) is 0 Å². The molecule has 0 spiro atoms. The van der Waals surface area contributed by atoms with Gasteiger partial charge in [-0.15, -0.1) is 0 Å². The zero-order valence-corrected chi connectivity index (χ0v) is 13.3. The first-order valence-electron chi connectivity index (χ1n) is 8.15. The lowest BCUT2D eigenvalue weighted by Crippen LogP contribution is -2.45. The van der Waals surface area contributed by atoms with Crippen molar-refractivity contribution in [1.29, 1.82) is 0 Å². The summed E-state index contributed by atoms with van der Waals surface area (Å²) in [7, 11) is 0. The number of hydrogen-bond acceptors (Lipinski definition) is 3. The lowest BCUT2D eigenvalue weighted by molar-refractivity contribution is 0.158. The maximum atomic E-state index is 4.28. The molecule has 4 nitrogen and oxygen atoms in total. The molecule has 1 aromatic rings. The zero-order chi connectivity index (χ0) is 14.4. The summed E-state index contributed by atoms with van der Waals surface area (Å²) < 4.78 is 2.01. The van der Waals surface area contributed by atoms with Gasteiger partial charge in [0.05, 0.1) is 6.54 Å². The van der Waals surface area contributed by atoms with E-state index in [9.17, 15) is 0 Å². The first-order chi connectivity index (χ1) is 9.69. The highest BCUT2D eigenvalue weighted by atomic mass is 15.3. The van der Waals surface area contributed by atoms with Crippen molar-refractivity contribution in [1.82, 2.24) is 20.0 Å². The molecule has 1 aliphatic heterocycles. The van der Waals surface area contributed by atoms with Gasteiger partial charge in [-0.1, -0.05) is 6.92 Å². The fourth-order valence-corrected chi connectivity index (χ4v) is 3.32. The minimum absolute atomic E-state index is 0.471. The van der Waals surface area contributed by atoms with Gasteiger partial charge in [-0.3, -0.25) is 4.68 Å². The molecule has 2 heterocycles. The summed E-state index contributed by atoms with van der Waals surface area (Å²) >= 11 is 0. The Morgan fingerprint density at radius 3 is 2.65 bits per heavy atom. The molecule has 4 heteroatoms. The smallest absolute Gasteiger partial charge is 0.0560 e. The van der Waals surface area contributed by atoms with Crippen molar-refractivity contribution in [3.63, 3.8) is 0 Å². The molecular weight excluding hydrogens is 248 g/mol. The Morgan fingerprint density at radius 2 is 2.05 bits per heavy atom. The highest BCUT2D eigenvalue weighted by molar-refractivity contribution is 4.83. The van der Waals surface area contributed by atoms with Crippen LogP contribution in [0, 0.1) is 5.92 Å². The molecule has 2 unspecified atom stereocenters. The Labute approximate surface area is 123 Å². The zero-order valence-electron chi connectivity index (χ0n) is 13.3. The fraction of sp³-hybridized carbons (Fsp3) is 0.812. The standard InChI is InChI=1S/C16H30N4/c1-4-9-19-11-6-16(7-12-19)15(3)18-14(2)13-20-10-5-8-17-20/h5,8,10,14-16,18H,4,6-7,9,11-13H2,1-3H3. The molecule has 114 valence electrons. The highest BCUT2D eigenvalue weighted by Crippen LogP contribution is 2.21. The van der Waals surface area contributed by atoms with Crippen LogP contribution in [0.1, 0.15) is 40.0 Å². The van der Waals surface area contributed by atoms with Crippen LogP contribution >= 0.6 is 0 Å². The van der Waals surface area contributed by atoms with Gasteiger partial charge in [0, 0.05) is 24.5 Å². The molecule has 0 aromatic carbocycles. The van der Waals surface area contributed by atoms with Gasteiger partial charge in [0.25, 0.3) is 0 Å². The minimum Gasteiger partial charge on any atom is -0.310 e. The second-order valence-electron chi connectivity index (χ2n) is 6.26. The SMILES string of the molecule is CCCN1CCC(C(C)NC(C)Cn2cccn2)CC1. The van der Waals surface area contributed by atoms with Crippen molar-refractivity contribution >= 4 is 0 Å². The van der Waals surface area contributed by atoms with E-state index >= 15 is 0 Å². The van der Waals surface area contributed by atoms with Crippen molar-refractivity contribution in [2.24, 2.45) is 5.92 Å². The molecular formula is C16H30N4. The molecule has 2 rings (SSSR count). The number of hydrogen-bond donors (Lipinski definition) is 1. The van der Waals surface area contributed by atoms with Gasteiger partial charge >= 0.3 is 0 Å². The van der Waals surface area contributed by atoms with Crippen LogP contribution in [-0.2, 0) is 6.54 Å². The van der Waals surface area contributed by atoms with Crippen LogP contribution in [0.15, 0.2) is 18.5 Å². The molecule has 2 atom stereocenters. The highest BCUT2D eigenvalue weighted by Gasteiger charge is 2.24. The predicted octanol–water partition coefficient (Wildman–Crippen LogP) is 2.37. The molecule has 20 heavy (non-hydrogen) atoms. The van der Waals surface area contributed by atoms with Crippen LogP contribution in [0.4, 0.5) is 0 Å². The lowest BCUT2D eigenvalue weighted by atomic mass is 9.90. The Balaban J connectivity index is 1.70. The molecule has 1 aromatic heterocycles. The summed E-state index contributed by atoms with van der Waals surface area (Å²) in [6, 6.07) is 3.06. The predicted molar refractivity (Wildman–Crippen MR) is 83.7 cm³/mol. The number of nitrogens with one attached hydrogen (secondary N) is 1. The van der Waals surface area contributed by atoms with Gasteiger partial charge in [-0.25, -0.2) is 0 Å². The van der Waals surface area contributed by atoms with Crippen LogP contribution < -0.4 is 5.32 Å². The van der Waals surface area contributed by atoms with E-state index in [2.05, 4.69) is 36.1 Å². The van der Waals surface area contributed by atoms with E-state index in [1.807, 2.05) is 23.1 Å². The first-order valence-corrected chi connectivity index (χ1v) is 8.15. The summed E-state index contributed by atoms with van der Waals surface area (Å²) in [6.07, 6.45) is 7.83. The number of aromatic nitrogens is 2. The van der Waals surface area contributed by atoms with E-state index < -0.39 is 0 Å². The first kappa shape index (κ1) is 15.5. The average Bonchev–Trinajstić information content (AvgIpc) is 2.92. The van der Waals surface area contributed by atoms with E-state index in [1.54, 1.807) is 0 Å². The quantitative estimate of drug-likeness (QED) is 0.831. The fourth-order valence-electron chi connectivity index (χ4n) is 3.32. The van der Waals surface area contributed by atoms with Crippen molar-refractivity contribution in [2.45, 2.75) is 58.7 Å². The molecule has 1 aliphatic rings. The van der Waals surface area contributed by atoms with E-state index in [4.69, 9.17) is 0 Å².